The third-order valence-corrected chi connectivity index (χ3v) is 9.95. The Morgan fingerprint density at radius 2 is 1.37 bits per heavy atom. The molecule has 0 N–H and O–H groups in total. The second-order valence-corrected chi connectivity index (χ2v) is 12.5. The van der Waals surface area contributed by atoms with E-state index in [0.717, 1.165) is 27.4 Å². The molecular weight excluding hydrogens is 518 g/mol. The lowest BCUT2D eigenvalue weighted by molar-refractivity contribution is 0.664. The Kier molecular flexibility index (Phi) is 4.55. The number of hydrogen-bond donors (Lipinski definition) is 0. The molecule has 0 unspecified atom stereocenters. The summed E-state index contributed by atoms with van der Waals surface area (Å²) in [4.78, 5) is 10.6. The van der Waals surface area contributed by atoms with Gasteiger partial charge in [-0.25, -0.2) is 9.97 Å². The molecule has 0 saturated heterocycles. The Morgan fingerprint density at radius 3 is 2.24 bits per heavy atom. The van der Waals surface area contributed by atoms with Crippen molar-refractivity contribution in [3.8, 4) is 28.3 Å². The van der Waals surface area contributed by atoms with Gasteiger partial charge in [0.2, 0.25) is 0 Å². The number of thiophene rings is 1. The van der Waals surface area contributed by atoms with Gasteiger partial charge in [0.1, 0.15) is 0 Å². The second-order valence-electron chi connectivity index (χ2n) is 11.4. The Balaban J connectivity index is 1.50. The predicted molar refractivity (Wildman–Crippen MR) is 172 cm³/mol. The van der Waals surface area contributed by atoms with E-state index in [2.05, 4.69) is 128 Å². The third kappa shape index (κ3) is 3.03. The molecule has 41 heavy (non-hydrogen) atoms. The lowest BCUT2D eigenvalue weighted by atomic mass is 9.81. The van der Waals surface area contributed by atoms with Crippen LogP contribution in [0.2, 0.25) is 0 Å². The highest BCUT2D eigenvalue weighted by atomic mass is 32.1. The van der Waals surface area contributed by atoms with E-state index in [4.69, 9.17) is 9.97 Å². The largest absolute Gasteiger partial charge is 0.292 e. The summed E-state index contributed by atoms with van der Waals surface area (Å²) in [5.74, 6) is 1.69. The molecule has 0 radical (unpaired) electrons. The van der Waals surface area contributed by atoms with Gasteiger partial charge in [-0.15, -0.1) is 11.3 Å². The van der Waals surface area contributed by atoms with Gasteiger partial charge in [0, 0.05) is 31.8 Å². The van der Waals surface area contributed by atoms with Gasteiger partial charge in [0.15, 0.2) is 11.6 Å². The van der Waals surface area contributed by atoms with Gasteiger partial charge in [-0.1, -0.05) is 117 Å². The molecule has 4 heteroatoms. The van der Waals surface area contributed by atoms with E-state index in [1.807, 2.05) is 6.07 Å². The van der Waals surface area contributed by atoms with Gasteiger partial charge in [0.05, 0.1) is 21.3 Å². The Bertz CT molecular complexity index is 2340. The molecule has 8 aromatic rings. The van der Waals surface area contributed by atoms with Crippen LogP contribution in [0.25, 0.3) is 70.4 Å². The molecule has 9 rings (SSSR count). The highest BCUT2D eigenvalue weighted by molar-refractivity contribution is 7.26. The van der Waals surface area contributed by atoms with E-state index in [1.165, 1.54) is 54.1 Å². The van der Waals surface area contributed by atoms with Crippen LogP contribution in [-0.4, -0.2) is 14.5 Å². The lowest BCUT2D eigenvalue weighted by Gasteiger charge is -2.23. The van der Waals surface area contributed by atoms with Crippen molar-refractivity contribution in [3.05, 3.63) is 126 Å². The highest BCUT2D eigenvalue weighted by Gasteiger charge is 2.38. The minimum absolute atomic E-state index is 0.161. The molecule has 3 aromatic heterocycles. The van der Waals surface area contributed by atoms with E-state index in [9.17, 15) is 0 Å². The molecule has 0 bridgehead atoms. The van der Waals surface area contributed by atoms with Crippen LogP contribution in [0.15, 0.2) is 115 Å². The standard InChI is InChI=1S/C37H25N3S/c1-37(2)28-17-9-6-14-23(28)25-20-21-26-24-15-7-10-18-29(24)40(33(26)31(25)37)36-34-32(27-16-8-11-19-30(27)41-34)38-35(39-36)22-12-4-3-5-13-22/h3-21H,1-2H3. The lowest BCUT2D eigenvalue weighted by Crippen LogP contribution is -2.16. The maximum Gasteiger partial charge on any atom is 0.162 e. The first-order valence-corrected chi connectivity index (χ1v) is 14.8. The van der Waals surface area contributed by atoms with Crippen molar-refractivity contribution >= 4 is 53.4 Å². The summed E-state index contributed by atoms with van der Waals surface area (Å²) in [7, 11) is 0. The molecular formula is C37H25N3S. The SMILES string of the molecule is CC1(C)c2ccccc2-c2ccc3c4ccccc4n(-c4nc(-c5ccccc5)nc5c4sc4ccccc45)c3c21. The van der Waals surface area contributed by atoms with Crippen molar-refractivity contribution in [2.24, 2.45) is 0 Å². The van der Waals surface area contributed by atoms with Gasteiger partial charge in [-0.3, -0.25) is 4.57 Å². The zero-order valence-electron chi connectivity index (χ0n) is 22.7. The molecule has 1 aliphatic rings. The summed E-state index contributed by atoms with van der Waals surface area (Å²) < 4.78 is 4.77. The molecule has 5 aromatic carbocycles. The van der Waals surface area contributed by atoms with Gasteiger partial charge < -0.3 is 0 Å². The summed E-state index contributed by atoms with van der Waals surface area (Å²) >= 11 is 1.78. The van der Waals surface area contributed by atoms with Crippen LogP contribution in [0.1, 0.15) is 25.0 Å². The predicted octanol–water partition coefficient (Wildman–Crippen LogP) is 9.91. The van der Waals surface area contributed by atoms with Gasteiger partial charge in [-0.05, 0) is 34.4 Å². The molecule has 0 aliphatic heterocycles. The Hall–Kier alpha value is -4.80. The maximum atomic E-state index is 5.39. The van der Waals surface area contributed by atoms with Crippen LogP contribution < -0.4 is 0 Å². The van der Waals surface area contributed by atoms with Crippen LogP contribution in [0.3, 0.4) is 0 Å². The van der Waals surface area contributed by atoms with Crippen LogP contribution in [-0.2, 0) is 5.41 Å². The fourth-order valence-corrected chi connectivity index (χ4v) is 8.10. The molecule has 0 spiro atoms. The first kappa shape index (κ1) is 23.0. The fraction of sp³-hybridized carbons (Fsp3) is 0.0811. The summed E-state index contributed by atoms with van der Waals surface area (Å²) in [5.41, 5.74) is 9.64. The molecule has 194 valence electrons. The summed E-state index contributed by atoms with van der Waals surface area (Å²) in [6.45, 7) is 4.73. The monoisotopic (exact) mass is 543 g/mol. The molecule has 3 heterocycles. The molecule has 0 atom stereocenters. The van der Waals surface area contributed by atoms with Crippen molar-refractivity contribution < 1.29 is 0 Å². The van der Waals surface area contributed by atoms with Crippen molar-refractivity contribution in [2.45, 2.75) is 19.3 Å². The van der Waals surface area contributed by atoms with Crippen molar-refractivity contribution in [1.82, 2.24) is 14.5 Å². The number of para-hydroxylation sites is 1. The van der Waals surface area contributed by atoms with Crippen LogP contribution in [0.5, 0.6) is 0 Å². The minimum Gasteiger partial charge on any atom is -0.292 e. The van der Waals surface area contributed by atoms with E-state index >= 15 is 0 Å². The van der Waals surface area contributed by atoms with E-state index in [0.29, 0.717) is 0 Å². The summed E-state index contributed by atoms with van der Waals surface area (Å²) in [6, 6.07) is 41.2. The molecule has 3 nitrogen and oxygen atoms in total. The van der Waals surface area contributed by atoms with Crippen LogP contribution >= 0.6 is 11.3 Å². The fourth-order valence-electron chi connectivity index (χ4n) is 6.98. The quantitative estimate of drug-likeness (QED) is 0.217. The van der Waals surface area contributed by atoms with Crippen molar-refractivity contribution in [2.75, 3.05) is 0 Å². The first-order valence-electron chi connectivity index (χ1n) is 14.0. The van der Waals surface area contributed by atoms with Gasteiger partial charge >= 0.3 is 0 Å². The Labute approximate surface area is 241 Å². The van der Waals surface area contributed by atoms with Gasteiger partial charge in [0.25, 0.3) is 0 Å². The third-order valence-electron chi connectivity index (χ3n) is 8.80. The number of benzene rings is 5. The van der Waals surface area contributed by atoms with Crippen molar-refractivity contribution in [3.63, 3.8) is 0 Å². The van der Waals surface area contributed by atoms with Gasteiger partial charge in [-0.2, -0.15) is 0 Å². The van der Waals surface area contributed by atoms with E-state index in [1.54, 1.807) is 11.3 Å². The molecule has 0 fully saturated rings. The van der Waals surface area contributed by atoms with E-state index in [-0.39, 0.29) is 5.41 Å². The maximum absolute atomic E-state index is 5.39. The number of aromatic nitrogens is 3. The topological polar surface area (TPSA) is 30.7 Å². The average Bonchev–Trinajstić information content (AvgIpc) is 3.63. The van der Waals surface area contributed by atoms with Crippen molar-refractivity contribution in [1.29, 1.82) is 0 Å². The average molecular weight is 544 g/mol. The molecule has 0 amide bonds. The summed E-state index contributed by atoms with van der Waals surface area (Å²) in [5, 5.41) is 3.67. The van der Waals surface area contributed by atoms with Crippen LogP contribution in [0.4, 0.5) is 0 Å². The molecule has 0 saturated carbocycles. The molecule has 1 aliphatic carbocycles. The van der Waals surface area contributed by atoms with Crippen LogP contribution in [0, 0.1) is 0 Å². The zero-order chi connectivity index (χ0) is 27.3. The first-order chi connectivity index (χ1) is 20.1. The Morgan fingerprint density at radius 1 is 0.634 bits per heavy atom. The zero-order valence-corrected chi connectivity index (χ0v) is 23.5. The number of hydrogen-bond acceptors (Lipinski definition) is 3. The van der Waals surface area contributed by atoms with E-state index < -0.39 is 0 Å². The number of rotatable bonds is 2. The summed E-state index contributed by atoms with van der Waals surface area (Å²) in [6.07, 6.45) is 0. The smallest absolute Gasteiger partial charge is 0.162 e. The second kappa shape index (κ2) is 8.12. The number of fused-ring (bicyclic) bond motifs is 10. The normalized spacial score (nSPS) is 13.8. The highest BCUT2D eigenvalue weighted by Crippen LogP contribution is 2.53. The minimum atomic E-state index is -0.161. The number of nitrogens with zero attached hydrogens (tertiary/aromatic N) is 3.